The largest absolute Gasteiger partial charge is 0.508 e. The first-order valence-corrected chi connectivity index (χ1v) is 14.9. The van der Waals surface area contributed by atoms with Crippen molar-refractivity contribution in [3.8, 4) is 5.75 Å². The third-order valence-corrected chi connectivity index (χ3v) is 8.95. The first-order valence-electron chi connectivity index (χ1n) is 14.9. The van der Waals surface area contributed by atoms with Gasteiger partial charge in [0.25, 0.3) is 5.91 Å². The molecule has 1 saturated heterocycles. The fraction of sp³-hybridized carbons (Fsp3) is 0.469. The van der Waals surface area contributed by atoms with Gasteiger partial charge in [0, 0.05) is 13.0 Å². The van der Waals surface area contributed by atoms with Crippen molar-refractivity contribution in [3.05, 3.63) is 65.2 Å². The Hall–Kier alpha value is -4.25. The third-order valence-electron chi connectivity index (χ3n) is 8.95. The number of Topliss-reactive ketones (excluding diaryl/α,β-unsaturated/α-hetero) is 1. The Balaban J connectivity index is 1.35. The zero-order valence-electron chi connectivity index (χ0n) is 23.9. The van der Waals surface area contributed by atoms with Gasteiger partial charge in [0.2, 0.25) is 23.5 Å². The number of ketones is 1. The number of nitrogens with zero attached hydrogens (tertiary/aromatic N) is 1. The molecule has 6 N–H and O–H groups in total. The van der Waals surface area contributed by atoms with Crippen LogP contribution >= 0.6 is 0 Å². The lowest BCUT2D eigenvalue weighted by molar-refractivity contribution is -0.144. The van der Waals surface area contributed by atoms with Crippen molar-refractivity contribution in [1.29, 1.82) is 0 Å². The lowest BCUT2D eigenvalue weighted by atomic mass is 9.80. The first-order chi connectivity index (χ1) is 20.6. The number of hydrogen-bond acceptors (Lipinski definition) is 7. The molecular weight excluding hydrogens is 552 g/mol. The summed E-state index contributed by atoms with van der Waals surface area (Å²) in [6.07, 6.45) is 3.06. The van der Waals surface area contributed by atoms with Crippen LogP contribution in [0.15, 0.2) is 48.5 Å². The van der Waals surface area contributed by atoms with Gasteiger partial charge < -0.3 is 31.5 Å². The highest BCUT2D eigenvalue weighted by Gasteiger charge is 2.45. The summed E-state index contributed by atoms with van der Waals surface area (Å²) < 4.78 is 0. The number of carbonyl (C=O) groups is 5. The van der Waals surface area contributed by atoms with E-state index in [1.165, 1.54) is 17.0 Å². The summed E-state index contributed by atoms with van der Waals surface area (Å²) in [5.41, 5.74) is 7.98. The molecule has 0 bridgehead atoms. The van der Waals surface area contributed by atoms with Gasteiger partial charge in [-0.15, -0.1) is 0 Å². The SMILES string of the molecule is NC(=O)C(=O)C(CC1CCC1)NC(=O)[C@@H]1C[C@@H](O)CN1C(=O)[C@@H](NC(=O)Cc1cccc(O)c1)C1Cc2ccccc2C1. The Morgan fingerprint density at radius 2 is 1.67 bits per heavy atom. The third kappa shape index (κ3) is 7.05. The van der Waals surface area contributed by atoms with E-state index in [0.717, 1.165) is 30.4 Å². The normalized spacial score (nSPS) is 21.4. The molecule has 2 aliphatic carbocycles. The fourth-order valence-corrected chi connectivity index (χ4v) is 6.50. The van der Waals surface area contributed by atoms with Crippen molar-refractivity contribution in [2.75, 3.05) is 6.54 Å². The van der Waals surface area contributed by atoms with Crippen LogP contribution in [0, 0.1) is 11.8 Å². The zero-order chi connectivity index (χ0) is 30.7. The summed E-state index contributed by atoms with van der Waals surface area (Å²) >= 11 is 0. The average molecular weight is 591 g/mol. The first kappa shape index (κ1) is 30.2. The standard InChI is InChI=1S/C32H38N4O7/c33-30(41)29(40)25(12-18-5-3-6-18)34-31(42)26-16-24(38)17-36(26)32(43)28(22-14-20-8-1-2-9-21(20)15-22)35-27(39)13-19-7-4-10-23(37)11-19/h1-2,4,7-11,18,22,24-26,28,37-38H,3,5-6,12-17H2,(H2,33,41)(H,34,42)(H,35,39)/t24-,25?,26+,28+/m1/s1. The molecule has 5 rings (SSSR count). The van der Waals surface area contributed by atoms with Crippen LogP contribution in [-0.4, -0.2) is 75.3 Å². The van der Waals surface area contributed by atoms with Crippen molar-refractivity contribution in [2.24, 2.45) is 17.6 Å². The van der Waals surface area contributed by atoms with E-state index in [1.807, 2.05) is 24.3 Å². The minimum Gasteiger partial charge on any atom is -0.508 e. The van der Waals surface area contributed by atoms with Crippen LogP contribution < -0.4 is 16.4 Å². The van der Waals surface area contributed by atoms with Crippen LogP contribution in [0.3, 0.4) is 0 Å². The molecular formula is C32H38N4O7. The van der Waals surface area contributed by atoms with Gasteiger partial charge in [-0.1, -0.05) is 55.7 Å². The number of rotatable bonds is 11. The van der Waals surface area contributed by atoms with E-state index >= 15 is 0 Å². The van der Waals surface area contributed by atoms with Gasteiger partial charge in [-0.2, -0.15) is 0 Å². The van der Waals surface area contributed by atoms with Crippen molar-refractivity contribution in [1.82, 2.24) is 15.5 Å². The number of aliphatic hydroxyl groups excluding tert-OH is 1. The van der Waals surface area contributed by atoms with Crippen molar-refractivity contribution < 1.29 is 34.2 Å². The number of hydrogen-bond donors (Lipinski definition) is 5. The Morgan fingerprint density at radius 3 is 2.28 bits per heavy atom. The lowest BCUT2D eigenvalue weighted by Crippen LogP contribution is -2.58. The highest BCUT2D eigenvalue weighted by molar-refractivity contribution is 6.37. The highest BCUT2D eigenvalue weighted by atomic mass is 16.3. The maximum absolute atomic E-state index is 14.2. The van der Waals surface area contributed by atoms with E-state index < -0.39 is 53.6 Å². The highest BCUT2D eigenvalue weighted by Crippen LogP contribution is 2.32. The molecule has 4 amide bonds. The predicted molar refractivity (Wildman–Crippen MR) is 155 cm³/mol. The van der Waals surface area contributed by atoms with Crippen LogP contribution in [0.4, 0.5) is 0 Å². The van der Waals surface area contributed by atoms with Crippen LogP contribution in [0.1, 0.15) is 48.8 Å². The molecule has 1 unspecified atom stereocenters. The molecule has 1 saturated carbocycles. The van der Waals surface area contributed by atoms with Gasteiger partial charge in [0.15, 0.2) is 0 Å². The second-order valence-electron chi connectivity index (χ2n) is 12.0. The summed E-state index contributed by atoms with van der Waals surface area (Å²) in [5, 5.41) is 25.9. The number of aliphatic hydroxyl groups is 1. The second kappa shape index (κ2) is 12.9. The Bertz CT molecular complexity index is 1380. The molecule has 228 valence electrons. The van der Waals surface area contributed by atoms with Gasteiger partial charge >= 0.3 is 0 Å². The number of benzene rings is 2. The smallest absolute Gasteiger partial charge is 0.287 e. The van der Waals surface area contributed by atoms with E-state index in [4.69, 9.17) is 5.73 Å². The monoisotopic (exact) mass is 590 g/mol. The van der Waals surface area contributed by atoms with Gasteiger partial charge in [-0.05, 0) is 59.9 Å². The van der Waals surface area contributed by atoms with Gasteiger partial charge in [-0.3, -0.25) is 24.0 Å². The summed E-state index contributed by atoms with van der Waals surface area (Å²) in [6, 6.07) is 10.9. The average Bonchev–Trinajstić information content (AvgIpc) is 3.55. The van der Waals surface area contributed by atoms with E-state index in [0.29, 0.717) is 18.4 Å². The summed E-state index contributed by atoms with van der Waals surface area (Å²) in [7, 11) is 0. The van der Waals surface area contributed by atoms with Crippen molar-refractivity contribution in [3.63, 3.8) is 0 Å². The minimum absolute atomic E-state index is 0.0227. The van der Waals surface area contributed by atoms with Crippen molar-refractivity contribution >= 4 is 29.4 Å². The number of aromatic hydroxyl groups is 1. The fourth-order valence-electron chi connectivity index (χ4n) is 6.50. The lowest BCUT2D eigenvalue weighted by Gasteiger charge is -2.33. The molecule has 0 aromatic heterocycles. The van der Waals surface area contributed by atoms with Gasteiger partial charge in [-0.25, -0.2) is 0 Å². The number of primary amides is 1. The number of phenols is 1. The Kier molecular flexibility index (Phi) is 9.10. The molecule has 2 aromatic carbocycles. The molecule has 2 aromatic rings. The maximum atomic E-state index is 14.2. The molecule has 1 heterocycles. The minimum atomic E-state index is -1.14. The van der Waals surface area contributed by atoms with E-state index in [2.05, 4.69) is 10.6 Å². The van der Waals surface area contributed by atoms with Crippen molar-refractivity contribution in [2.45, 2.75) is 75.6 Å². The Morgan fingerprint density at radius 1 is 0.977 bits per heavy atom. The number of amides is 4. The molecule has 0 spiro atoms. The topological polar surface area (TPSA) is 179 Å². The molecule has 1 aliphatic heterocycles. The molecule has 4 atom stereocenters. The summed E-state index contributed by atoms with van der Waals surface area (Å²) in [4.78, 5) is 66.4. The summed E-state index contributed by atoms with van der Waals surface area (Å²) in [6.45, 7) is -0.118. The van der Waals surface area contributed by atoms with E-state index in [-0.39, 0.29) is 43.4 Å². The molecule has 3 aliphatic rings. The second-order valence-corrected chi connectivity index (χ2v) is 12.0. The van der Waals surface area contributed by atoms with Gasteiger partial charge in [0.05, 0.1) is 18.6 Å². The van der Waals surface area contributed by atoms with Gasteiger partial charge in [0.1, 0.15) is 17.8 Å². The number of carbonyl (C=O) groups excluding carboxylic acids is 5. The number of nitrogens with one attached hydrogen (secondary N) is 2. The van der Waals surface area contributed by atoms with Crippen LogP contribution in [0.2, 0.25) is 0 Å². The molecule has 2 fully saturated rings. The zero-order valence-corrected chi connectivity index (χ0v) is 23.9. The van der Waals surface area contributed by atoms with Crippen LogP contribution in [0.5, 0.6) is 5.75 Å². The summed E-state index contributed by atoms with van der Waals surface area (Å²) in [5.74, 6) is -3.68. The quantitative estimate of drug-likeness (QED) is 0.237. The number of nitrogens with two attached hydrogens (primary N) is 1. The number of phenolic OH excluding ortho intramolecular Hbond substituents is 1. The number of fused-ring (bicyclic) bond motifs is 1. The van der Waals surface area contributed by atoms with E-state index in [9.17, 15) is 34.2 Å². The molecule has 11 heteroatoms. The number of β-amino-alcohol motifs (C(OH)–C–C–N with tert-alkyl or cyclic N) is 1. The molecule has 43 heavy (non-hydrogen) atoms. The molecule has 11 nitrogen and oxygen atoms in total. The van der Waals surface area contributed by atoms with Crippen LogP contribution in [-0.2, 0) is 43.2 Å². The van der Waals surface area contributed by atoms with Crippen LogP contribution in [0.25, 0.3) is 0 Å². The Labute approximate surface area is 249 Å². The van der Waals surface area contributed by atoms with E-state index in [1.54, 1.807) is 12.1 Å². The predicted octanol–water partition coefficient (Wildman–Crippen LogP) is 0.526. The number of likely N-dealkylation sites (tertiary alicyclic amines) is 1. The maximum Gasteiger partial charge on any atom is 0.287 e. The molecule has 0 radical (unpaired) electrons.